The van der Waals surface area contributed by atoms with E-state index in [1.165, 1.54) is 10.9 Å². The van der Waals surface area contributed by atoms with Gasteiger partial charge in [-0.15, -0.1) is 0 Å². The van der Waals surface area contributed by atoms with Gasteiger partial charge in [-0.25, -0.2) is 0 Å². The van der Waals surface area contributed by atoms with Gasteiger partial charge in [-0.1, -0.05) is 72.8 Å². The lowest BCUT2D eigenvalue weighted by atomic mass is 9.99. The molecule has 3 aromatic rings. The molecule has 7 nitrogen and oxygen atoms in total. The Kier molecular flexibility index (Phi) is 7.63. The highest BCUT2D eigenvalue weighted by atomic mass is 16.2. The van der Waals surface area contributed by atoms with E-state index in [-0.39, 0.29) is 41.7 Å². The number of nitrogens with zero attached hydrogens (tertiary/aromatic N) is 3. The summed E-state index contributed by atoms with van der Waals surface area (Å²) in [6.45, 7) is 3.64. The highest BCUT2D eigenvalue weighted by Gasteiger charge is 2.48. The molecule has 2 aliphatic rings. The smallest absolute Gasteiger partial charge is 0.227 e. The fraction of sp³-hybridized carbons (Fsp3) is 0.387. The van der Waals surface area contributed by atoms with E-state index in [4.69, 9.17) is 11.5 Å². The molecule has 1 aliphatic heterocycles. The first-order chi connectivity index (χ1) is 18.4. The maximum absolute atomic E-state index is 13.7. The Labute approximate surface area is 224 Å². The lowest BCUT2D eigenvalue weighted by molar-refractivity contribution is -0.147. The van der Waals surface area contributed by atoms with Crippen molar-refractivity contribution in [3.63, 3.8) is 0 Å². The van der Waals surface area contributed by atoms with Gasteiger partial charge in [0.1, 0.15) is 0 Å². The van der Waals surface area contributed by atoms with Gasteiger partial charge in [-0.05, 0) is 54.0 Å². The Bertz CT molecular complexity index is 1320. The first-order valence-corrected chi connectivity index (χ1v) is 13.6. The molecule has 1 heterocycles. The van der Waals surface area contributed by atoms with Crippen LogP contribution in [0.5, 0.6) is 0 Å². The van der Waals surface area contributed by atoms with Gasteiger partial charge < -0.3 is 21.3 Å². The summed E-state index contributed by atoms with van der Waals surface area (Å²) in [5.41, 5.74) is 13.2. The number of hydrogen-bond donors (Lipinski definition) is 2. The number of rotatable bonds is 8. The minimum Gasteiger partial charge on any atom is -0.370 e. The molecule has 4 atom stereocenters. The highest BCUT2D eigenvalue weighted by molar-refractivity contribution is 5.86. The van der Waals surface area contributed by atoms with Gasteiger partial charge in [0.15, 0.2) is 5.96 Å². The number of fused-ring (bicyclic) bond motifs is 1. The van der Waals surface area contributed by atoms with Gasteiger partial charge in [-0.3, -0.25) is 14.6 Å². The number of piperazine rings is 1. The summed E-state index contributed by atoms with van der Waals surface area (Å²) >= 11 is 0. The lowest BCUT2D eigenvalue weighted by Crippen LogP contribution is -2.61. The van der Waals surface area contributed by atoms with Crippen molar-refractivity contribution >= 4 is 28.5 Å². The number of carbonyl (C=O) groups is 2. The number of benzene rings is 3. The molecule has 3 aromatic carbocycles. The van der Waals surface area contributed by atoms with Crippen LogP contribution in [0.25, 0.3) is 10.8 Å². The van der Waals surface area contributed by atoms with Crippen LogP contribution in [0, 0.1) is 5.92 Å². The Morgan fingerprint density at radius 2 is 1.66 bits per heavy atom. The first-order valence-electron chi connectivity index (χ1n) is 13.6. The van der Waals surface area contributed by atoms with Crippen LogP contribution in [-0.2, 0) is 16.0 Å². The SMILES string of the molecule is C[C@@H]1CN(C(=O)C2C[C@@H]2c2ccccc2)[C@@H](CCCN=C(N)N)CN1C(=O)Cc1ccc2ccccc2c1. The number of nitrogens with two attached hydrogens (primary N) is 2. The van der Waals surface area contributed by atoms with Crippen molar-refractivity contribution in [3.8, 4) is 0 Å². The van der Waals surface area contributed by atoms with Crippen molar-refractivity contribution in [2.24, 2.45) is 22.4 Å². The van der Waals surface area contributed by atoms with Crippen LogP contribution < -0.4 is 11.5 Å². The van der Waals surface area contributed by atoms with Crippen molar-refractivity contribution in [1.29, 1.82) is 0 Å². The molecule has 4 N–H and O–H groups in total. The molecular weight excluding hydrogens is 474 g/mol. The van der Waals surface area contributed by atoms with Crippen molar-refractivity contribution in [2.75, 3.05) is 19.6 Å². The molecule has 0 aromatic heterocycles. The highest BCUT2D eigenvalue weighted by Crippen LogP contribution is 2.49. The maximum Gasteiger partial charge on any atom is 0.227 e. The van der Waals surface area contributed by atoms with Gasteiger partial charge in [0, 0.05) is 37.6 Å². The van der Waals surface area contributed by atoms with Gasteiger partial charge in [0.2, 0.25) is 11.8 Å². The van der Waals surface area contributed by atoms with Crippen LogP contribution >= 0.6 is 0 Å². The van der Waals surface area contributed by atoms with E-state index in [0.29, 0.717) is 26.1 Å². The van der Waals surface area contributed by atoms with Crippen LogP contribution in [0.15, 0.2) is 77.8 Å². The second-order valence-corrected chi connectivity index (χ2v) is 10.7. The van der Waals surface area contributed by atoms with Crippen LogP contribution in [0.3, 0.4) is 0 Å². The van der Waals surface area contributed by atoms with Crippen LogP contribution in [-0.4, -0.2) is 59.3 Å². The van der Waals surface area contributed by atoms with Gasteiger partial charge >= 0.3 is 0 Å². The summed E-state index contributed by atoms with van der Waals surface area (Å²) in [7, 11) is 0. The van der Waals surface area contributed by atoms with E-state index < -0.39 is 0 Å². The molecule has 5 rings (SSSR count). The third kappa shape index (κ3) is 5.82. The first kappa shape index (κ1) is 25.8. The summed E-state index contributed by atoms with van der Waals surface area (Å²) in [5, 5.41) is 2.30. The monoisotopic (exact) mass is 511 g/mol. The van der Waals surface area contributed by atoms with Crippen molar-refractivity contribution in [3.05, 3.63) is 83.9 Å². The second kappa shape index (κ2) is 11.3. The Morgan fingerprint density at radius 1 is 0.921 bits per heavy atom. The van der Waals surface area contributed by atoms with E-state index in [1.54, 1.807) is 0 Å². The van der Waals surface area contributed by atoms with E-state index in [9.17, 15) is 9.59 Å². The summed E-state index contributed by atoms with van der Waals surface area (Å²) in [4.78, 5) is 35.3. The molecule has 0 spiro atoms. The van der Waals surface area contributed by atoms with Crippen molar-refractivity contribution < 1.29 is 9.59 Å². The summed E-state index contributed by atoms with van der Waals surface area (Å²) in [6, 6.07) is 24.6. The Hall–Kier alpha value is -3.87. The summed E-state index contributed by atoms with van der Waals surface area (Å²) in [6.07, 6.45) is 2.74. The van der Waals surface area contributed by atoms with Crippen LogP contribution in [0.1, 0.15) is 43.2 Å². The quantitative estimate of drug-likeness (QED) is 0.273. The largest absolute Gasteiger partial charge is 0.370 e. The molecular formula is C31H37N5O2. The van der Waals surface area contributed by atoms with Crippen molar-refractivity contribution in [1.82, 2.24) is 9.80 Å². The molecule has 198 valence electrons. The van der Waals surface area contributed by atoms with Gasteiger partial charge in [-0.2, -0.15) is 0 Å². The standard InChI is InChI=1S/C31H37N5O2/c1-21-19-36(30(38)28-18-27(28)24-9-3-2-4-10-24)26(12-7-15-34-31(32)33)20-35(21)29(37)17-22-13-14-23-8-5-6-11-25(23)16-22/h2-6,8-11,13-14,16,21,26-28H,7,12,15,17-20H2,1H3,(H4,32,33,34)/t21-,26+,27-,28?/m1/s1. The third-order valence-corrected chi connectivity index (χ3v) is 7.94. The zero-order valence-corrected chi connectivity index (χ0v) is 22.0. The molecule has 2 fully saturated rings. The van der Waals surface area contributed by atoms with Gasteiger partial charge in [0.05, 0.1) is 6.42 Å². The molecule has 0 bridgehead atoms. The van der Waals surface area contributed by atoms with E-state index in [2.05, 4.69) is 48.3 Å². The lowest BCUT2D eigenvalue weighted by Gasteiger charge is -2.46. The Balaban J connectivity index is 1.28. The maximum atomic E-state index is 13.7. The van der Waals surface area contributed by atoms with Crippen molar-refractivity contribution in [2.45, 2.75) is 50.6 Å². The zero-order valence-electron chi connectivity index (χ0n) is 22.0. The summed E-state index contributed by atoms with van der Waals surface area (Å²) < 4.78 is 0. The number of hydrogen-bond acceptors (Lipinski definition) is 3. The summed E-state index contributed by atoms with van der Waals surface area (Å²) in [5.74, 6) is 0.687. The topological polar surface area (TPSA) is 105 Å². The fourth-order valence-electron chi connectivity index (χ4n) is 5.81. The van der Waals surface area contributed by atoms with Crippen LogP contribution in [0.2, 0.25) is 0 Å². The molecule has 0 radical (unpaired) electrons. The number of guanidine groups is 1. The average molecular weight is 512 g/mol. The minimum atomic E-state index is -0.0505. The molecule has 2 amide bonds. The Morgan fingerprint density at radius 3 is 2.42 bits per heavy atom. The van der Waals surface area contributed by atoms with E-state index in [1.807, 2.05) is 46.2 Å². The zero-order chi connectivity index (χ0) is 26.6. The molecule has 7 heteroatoms. The number of aliphatic imine (C=N–C) groups is 1. The number of carbonyl (C=O) groups excluding carboxylic acids is 2. The van der Waals surface area contributed by atoms with E-state index >= 15 is 0 Å². The second-order valence-electron chi connectivity index (χ2n) is 10.7. The normalized spacial score (nSPS) is 22.8. The molecule has 1 saturated heterocycles. The van der Waals surface area contributed by atoms with E-state index in [0.717, 1.165) is 30.2 Å². The number of amides is 2. The predicted molar refractivity (Wildman–Crippen MR) is 152 cm³/mol. The molecule has 1 aliphatic carbocycles. The fourth-order valence-corrected chi connectivity index (χ4v) is 5.81. The predicted octanol–water partition coefficient (Wildman–Crippen LogP) is 3.67. The van der Waals surface area contributed by atoms with Crippen LogP contribution in [0.4, 0.5) is 0 Å². The third-order valence-electron chi connectivity index (χ3n) is 7.94. The molecule has 1 unspecified atom stereocenters. The van der Waals surface area contributed by atoms with Gasteiger partial charge in [0.25, 0.3) is 0 Å². The minimum absolute atomic E-state index is 0.0182. The average Bonchev–Trinajstić information content (AvgIpc) is 3.72. The molecule has 1 saturated carbocycles. The molecule has 38 heavy (non-hydrogen) atoms.